The van der Waals surface area contributed by atoms with Gasteiger partial charge in [0.1, 0.15) is 0 Å². The molecule has 16 heavy (non-hydrogen) atoms. The quantitative estimate of drug-likeness (QED) is 0.727. The normalized spacial score (nSPS) is 32.0. The summed E-state index contributed by atoms with van der Waals surface area (Å²) in [6.45, 7) is 4.53. The average Bonchev–Trinajstić information content (AvgIpc) is 2.75. The Morgan fingerprint density at radius 2 is 2.12 bits per heavy atom. The van der Waals surface area contributed by atoms with Gasteiger partial charge in [-0.1, -0.05) is 0 Å². The predicted molar refractivity (Wildman–Crippen MR) is 64.0 cm³/mol. The van der Waals surface area contributed by atoms with E-state index in [-0.39, 0.29) is 5.92 Å². The second-order valence-electron chi connectivity index (χ2n) is 5.28. The number of nitrogens with zero attached hydrogens (tertiary/aromatic N) is 2. The van der Waals surface area contributed by atoms with Crippen molar-refractivity contribution in [2.75, 3.05) is 39.8 Å². The lowest BCUT2D eigenvalue weighted by Crippen LogP contribution is -2.45. The Morgan fingerprint density at radius 3 is 2.75 bits per heavy atom. The Hall–Kier alpha value is -0.610. The van der Waals surface area contributed by atoms with E-state index < -0.39 is 0 Å². The van der Waals surface area contributed by atoms with Crippen molar-refractivity contribution in [3.8, 4) is 0 Å². The molecule has 0 aromatic heterocycles. The van der Waals surface area contributed by atoms with Crippen LogP contribution in [0.15, 0.2) is 0 Å². The highest BCUT2D eigenvalue weighted by molar-refractivity contribution is 5.79. The number of amides is 1. The molecule has 2 rings (SSSR count). The molecule has 2 N–H and O–H groups in total. The van der Waals surface area contributed by atoms with Crippen LogP contribution in [-0.4, -0.2) is 55.5 Å². The van der Waals surface area contributed by atoms with E-state index in [0.29, 0.717) is 18.4 Å². The molecule has 4 nitrogen and oxygen atoms in total. The second-order valence-corrected chi connectivity index (χ2v) is 5.28. The molecule has 2 saturated heterocycles. The van der Waals surface area contributed by atoms with Gasteiger partial charge in [0.2, 0.25) is 5.91 Å². The number of nitrogens with two attached hydrogens (primary N) is 1. The lowest BCUT2D eigenvalue weighted by atomic mass is 9.96. The summed E-state index contributed by atoms with van der Waals surface area (Å²) in [4.78, 5) is 16.6. The zero-order valence-electron chi connectivity index (χ0n) is 10.2. The molecule has 0 spiro atoms. The Bertz CT molecular complexity index is 257. The van der Waals surface area contributed by atoms with Gasteiger partial charge in [-0.25, -0.2) is 0 Å². The van der Waals surface area contributed by atoms with Crippen molar-refractivity contribution in [1.82, 2.24) is 9.80 Å². The number of rotatable bonds is 2. The molecular weight excluding hydrogens is 202 g/mol. The maximum atomic E-state index is 12.3. The first-order valence-electron chi connectivity index (χ1n) is 6.38. The fourth-order valence-electron chi connectivity index (χ4n) is 2.85. The number of likely N-dealkylation sites (tertiary alicyclic amines) is 2. The molecule has 0 aromatic rings. The molecule has 0 saturated carbocycles. The molecule has 2 heterocycles. The summed E-state index contributed by atoms with van der Waals surface area (Å²) >= 11 is 0. The van der Waals surface area contributed by atoms with E-state index in [1.54, 1.807) is 0 Å². The SMILES string of the molecule is CN1CCC(C(=O)N2CCCC(CN)C2)C1. The molecule has 2 unspecified atom stereocenters. The maximum Gasteiger partial charge on any atom is 0.227 e. The molecule has 0 aromatic carbocycles. The minimum absolute atomic E-state index is 0.238. The van der Waals surface area contributed by atoms with Crippen LogP contribution >= 0.6 is 0 Å². The molecule has 0 aliphatic carbocycles. The minimum atomic E-state index is 0.238. The van der Waals surface area contributed by atoms with Gasteiger partial charge in [-0.05, 0) is 45.3 Å². The van der Waals surface area contributed by atoms with E-state index in [9.17, 15) is 4.79 Å². The third-order valence-corrected chi connectivity index (χ3v) is 3.90. The Labute approximate surface area is 97.8 Å². The van der Waals surface area contributed by atoms with Crippen molar-refractivity contribution >= 4 is 5.91 Å². The molecule has 2 fully saturated rings. The predicted octanol–water partition coefficient (Wildman–Crippen LogP) is 0.135. The number of carbonyl (C=O) groups excluding carboxylic acids is 1. The standard InChI is InChI=1S/C12H23N3O/c1-14-6-4-11(9-14)12(16)15-5-2-3-10(7-13)8-15/h10-11H,2-9,13H2,1H3. The van der Waals surface area contributed by atoms with E-state index >= 15 is 0 Å². The largest absolute Gasteiger partial charge is 0.342 e. The third-order valence-electron chi connectivity index (χ3n) is 3.90. The summed E-state index contributed by atoms with van der Waals surface area (Å²) in [5, 5.41) is 0. The first kappa shape index (κ1) is 11.9. The fourth-order valence-corrected chi connectivity index (χ4v) is 2.85. The van der Waals surface area contributed by atoms with Gasteiger partial charge < -0.3 is 15.5 Å². The lowest BCUT2D eigenvalue weighted by molar-refractivity contribution is -0.136. The topological polar surface area (TPSA) is 49.6 Å². The van der Waals surface area contributed by atoms with E-state index in [1.165, 1.54) is 6.42 Å². The minimum Gasteiger partial charge on any atom is -0.342 e. The lowest BCUT2D eigenvalue weighted by Gasteiger charge is -2.33. The van der Waals surface area contributed by atoms with Gasteiger partial charge >= 0.3 is 0 Å². The summed E-state index contributed by atoms with van der Waals surface area (Å²) in [5.74, 6) is 1.13. The maximum absolute atomic E-state index is 12.3. The van der Waals surface area contributed by atoms with Crippen LogP contribution in [0, 0.1) is 11.8 Å². The highest BCUT2D eigenvalue weighted by Gasteiger charge is 2.31. The average molecular weight is 225 g/mol. The zero-order chi connectivity index (χ0) is 11.5. The highest BCUT2D eigenvalue weighted by atomic mass is 16.2. The van der Waals surface area contributed by atoms with Crippen molar-refractivity contribution in [3.63, 3.8) is 0 Å². The Kier molecular flexibility index (Phi) is 3.82. The van der Waals surface area contributed by atoms with Gasteiger partial charge in [0.15, 0.2) is 0 Å². The van der Waals surface area contributed by atoms with Crippen LogP contribution in [0.5, 0.6) is 0 Å². The Morgan fingerprint density at radius 1 is 1.31 bits per heavy atom. The van der Waals surface area contributed by atoms with Crippen molar-refractivity contribution < 1.29 is 4.79 Å². The van der Waals surface area contributed by atoms with Gasteiger partial charge in [0.25, 0.3) is 0 Å². The van der Waals surface area contributed by atoms with Crippen LogP contribution < -0.4 is 5.73 Å². The number of hydrogen-bond donors (Lipinski definition) is 1. The van der Waals surface area contributed by atoms with E-state index in [0.717, 1.165) is 39.0 Å². The van der Waals surface area contributed by atoms with Gasteiger partial charge in [0, 0.05) is 19.6 Å². The van der Waals surface area contributed by atoms with Crippen molar-refractivity contribution in [1.29, 1.82) is 0 Å². The van der Waals surface area contributed by atoms with E-state index in [2.05, 4.69) is 11.9 Å². The van der Waals surface area contributed by atoms with Crippen LogP contribution in [0.1, 0.15) is 19.3 Å². The molecule has 92 valence electrons. The molecule has 2 aliphatic heterocycles. The summed E-state index contributed by atoms with van der Waals surface area (Å²) in [6, 6.07) is 0. The first-order valence-corrected chi connectivity index (χ1v) is 6.38. The highest BCUT2D eigenvalue weighted by Crippen LogP contribution is 2.21. The zero-order valence-corrected chi connectivity index (χ0v) is 10.2. The van der Waals surface area contributed by atoms with Crippen LogP contribution in [0.3, 0.4) is 0 Å². The molecule has 2 atom stereocenters. The molecule has 2 aliphatic rings. The number of hydrogen-bond acceptors (Lipinski definition) is 3. The summed E-state index contributed by atoms with van der Waals surface area (Å²) in [7, 11) is 2.09. The van der Waals surface area contributed by atoms with Crippen LogP contribution in [0.25, 0.3) is 0 Å². The smallest absolute Gasteiger partial charge is 0.227 e. The van der Waals surface area contributed by atoms with E-state index in [4.69, 9.17) is 5.73 Å². The summed E-state index contributed by atoms with van der Waals surface area (Å²) < 4.78 is 0. The third kappa shape index (κ3) is 2.55. The van der Waals surface area contributed by atoms with Crippen molar-refractivity contribution in [2.45, 2.75) is 19.3 Å². The van der Waals surface area contributed by atoms with Gasteiger partial charge in [-0.3, -0.25) is 4.79 Å². The van der Waals surface area contributed by atoms with Gasteiger partial charge in [0.05, 0.1) is 5.92 Å². The van der Waals surface area contributed by atoms with Crippen LogP contribution in [-0.2, 0) is 4.79 Å². The van der Waals surface area contributed by atoms with Gasteiger partial charge in [-0.15, -0.1) is 0 Å². The molecule has 0 radical (unpaired) electrons. The number of carbonyl (C=O) groups is 1. The van der Waals surface area contributed by atoms with Crippen LogP contribution in [0.4, 0.5) is 0 Å². The van der Waals surface area contributed by atoms with Gasteiger partial charge in [-0.2, -0.15) is 0 Å². The van der Waals surface area contributed by atoms with E-state index in [1.807, 2.05) is 4.90 Å². The van der Waals surface area contributed by atoms with Crippen molar-refractivity contribution in [3.05, 3.63) is 0 Å². The number of piperidine rings is 1. The summed E-state index contributed by atoms with van der Waals surface area (Å²) in [5.41, 5.74) is 5.69. The Balaban J connectivity index is 1.89. The molecule has 4 heteroatoms. The summed E-state index contributed by atoms with van der Waals surface area (Å²) in [6.07, 6.45) is 3.33. The van der Waals surface area contributed by atoms with Crippen molar-refractivity contribution in [2.24, 2.45) is 17.6 Å². The first-order chi connectivity index (χ1) is 7.70. The molecular formula is C12H23N3O. The monoisotopic (exact) mass is 225 g/mol. The second kappa shape index (κ2) is 5.15. The fraction of sp³-hybridized carbons (Fsp3) is 0.917. The molecule has 1 amide bonds. The molecule has 0 bridgehead atoms. The van der Waals surface area contributed by atoms with Crippen LogP contribution in [0.2, 0.25) is 0 Å².